The zero-order chi connectivity index (χ0) is 9.38. The second kappa shape index (κ2) is 4.30. The Bertz CT molecular complexity index is 352. The van der Waals surface area contributed by atoms with Gasteiger partial charge in [0, 0.05) is 30.9 Å². The van der Waals surface area contributed by atoms with Crippen LogP contribution in [0.2, 0.25) is 0 Å². The van der Waals surface area contributed by atoms with Crippen LogP contribution >= 0.6 is 12.4 Å². The maximum absolute atomic E-state index is 4.41. The summed E-state index contributed by atoms with van der Waals surface area (Å²) in [5, 5.41) is 3.24. The van der Waals surface area contributed by atoms with Crippen molar-refractivity contribution in [2.75, 3.05) is 5.43 Å². The predicted molar refractivity (Wildman–Crippen MR) is 59.6 cm³/mol. The van der Waals surface area contributed by atoms with Crippen molar-refractivity contribution in [2.45, 2.75) is 32.0 Å². The highest BCUT2D eigenvalue weighted by molar-refractivity contribution is 5.85. The summed E-state index contributed by atoms with van der Waals surface area (Å²) in [6.45, 7) is 1.75. The van der Waals surface area contributed by atoms with Gasteiger partial charge in [-0.3, -0.25) is 5.43 Å². The number of fused-ring (bicyclic) bond motifs is 1. The average molecular weight is 228 g/mol. The van der Waals surface area contributed by atoms with E-state index in [4.69, 9.17) is 0 Å². The topological polar surface area (TPSA) is 61.9 Å². The maximum atomic E-state index is 4.41. The van der Waals surface area contributed by atoms with Crippen LogP contribution in [0.25, 0.3) is 0 Å². The lowest BCUT2D eigenvalue weighted by Crippen LogP contribution is -2.25. The predicted octanol–water partition coefficient (Wildman–Crippen LogP) is 0.580. The molecule has 1 aromatic rings. The quantitative estimate of drug-likeness (QED) is 0.660. The van der Waals surface area contributed by atoms with Crippen LogP contribution in [0.3, 0.4) is 0 Å². The van der Waals surface area contributed by atoms with Gasteiger partial charge in [0.05, 0.1) is 5.69 Å². The van der Waals surface area contributed by atoms with Crippen molar-refractivity contribution in [3.8, 4) is 0 Å². The molecule has 1 aliphatic heterocycles. The third kappa shape index (κ3) is 2.37. The van der Waals surface area contributed by atoms with E-state index in [1.165, 1.54) is 18.4 Å². The molecule has 1 fully saturated rings. The van der Waals surface area contributed by atoms with Gasteiger partial charge in [0.15, 0.2) is 0 Å². The number of halogens is 1. The van der Waals surface area contributed by atoms with Gasteiger partial charge in [-0.2, -0.15) is 0 Å². The second-order valence-electron chi connectivity index (χ2n) is 3.81. The Balaban J connectivity index is 0.000000853. The van der Waals surface area contributed by atoms with Gasteiger partial charge in [0.1, 0.15) is 0 Å². The van der Waals surface area contributed by atoms with Crippen LogP contribution < -0.4 is 16.2 Å². The van der Waals surface area contributed by atoms with Crippen molar-refractivity contribution in [3.05, 3.63) is 17.5 Å². The Morgan fingerprint density at radius 1 is 1.33 bits per heavy atom. The highest BCUT2D eigenvalue weighted by Crippen LogP contribution is 2.18. The molecule has 3 rings (SSSR count). The zero-order valence-electron chi connectivity index (χ0n) is 8.29. The molecule has 0 bridgehead atoms. The van der Waals surface area contributed by atoms with Crippen molar-refractivity contribution in [1.82, 2.24) is 20.7 Å². The third-order valence-corrected chi connectivity index (χ3v) is 2.53. The van der Waals surface area contributed by atoms with Crippen LogP contribution in [-0.4, -0.2) is 16.0 Å². The largest absolute Gasteiger partial charge is 0.307 e. The standard InChI is InChI=1S/C9H13N5.ClH/c1-2-7(1)13-14-9-11-4-6-3-10-5-8(6)12-9;/h4,7,10,13H,1-3,5H2,(H,11,12,14);1H. The van der Waals surface area contributed by atoms with Gasteiger partial charge in [0.2, 0.25) is 5.95 Å². The van der Waals surface area contributed by atoms with Crippen LogP contribution in [0.15, 0.2) is 6.20 Å². The van der Waals surface area contributed by atoms with Gasteiger partial charge >= 0.3 is 0 Å². The molecule has 0 amide bonds. The Hall–Kier alpha value is -0.910. The van der Waals surface area contributed by atoms with Gasteiger partial charge in [-0.25, -0.2) is 15.4 Å². The van der Waals surface area contributed by atoms with Crippen LogP contribution in [0.4, 0.5) is 5.95 Å². The number of hydrogen-bond acceptors (Lipinski definition) is 5. The van der Waals surface area contributed by atoms with E-state index < -0.39 is 0 Å². The van der Waals surface area contributed by atoms with E-state index in [1.807, 2.05) is 6.20 Å². The Morgan fingerprint density at radius 2 is 2.20 bits per heavy atom. The maximum Gasteiger partial charge on any atom is 0.237 e. The molecule has 0 spiro atoms. The van der Waals surface area contributed by atoms with Crippen molar-refractivity contribution in [3.63, 3.8) is 0 Å². The first-order chi connectivity index (χ1) is 6.92. The average Bonchev–Trinajstić information content (AvgIpc) is 2.92. The number of anilines is 1. The molecule has 82 valence electrons. The molecular weight excluding hydrogens is 214 g/mol. The lowest BCUT2D eigenvalue weighted by Gasteiger charge is -2.05. The van der Waals surface area contributed by atoms with Gasteiger partial charge < -0.3 is 5.32 Å². The first-order valence-corrected chi connectivity index (χ1v) is 4.99. The van der Waals surface area contributed by atoms with Crippen LogP contribution in [0.1, 0.15) is 24.1 Å². The van der Waals surface area contributed by atoms with Crippen LogP contribution in [0, 0.1) is 0 Å². The summed E-state index contributed by atoms with van der Waals surface area (Å²) in [5.41, 5.74) is 8.53. The van der Waals surface area contributed by atoms with E-state index in [9.17, 15) is 0 Å². The minimum Gasteiger partial charge on any atom is -0.307 e. The lowest BCUT2D eigenvalue weighted by molar-refractivity contribution is 0.754. The van der Waals surface area contributed by atoms with Gasteiger partial charge in [-0.15, -0.1) is 12.4 Å². The SMILES string of the molecule is Cl.c1nc(NNC2CC2)nc2c1CNC2. The van der Waals surface area contributed by atoms with Crippen molar-refractivity contribution in [1.29, 1.82) is 0 Å². The molecular formula is C9H14ClN5. The first-order valence-electron chi connectivity index (χ1n) is 4.99. The third-order valence-electron chi connectivity index (χ3n) is 2.53. The van der Waals surface area contributed by atoms with E-state index in [1.54, 1.807) is 0 Å². The highest BCUT2D eigenvalue weighted by Gasteiger charge is 2.21. The molecule has 1 aliphatic carbocycles. The highest BCUT2D eigenvalue weighted by atomic mass is 35.5. The molecule has 0 atom stereocenters. The molecule has 2 heterocycles. The van der Waals surface area contributed by atoms with Crippen LogP contribution in [0.5, 0.6) is 0 Å². The Morgan fingerprint density at radius 3 is 3.00 bits per heavy atom. The zero-order valence-corrected chi connectivity index (χ0v) is 9.10. The summed E-state index contributed by atoms with van der Waals surface area (Å²) in [7, 11) is 0. The van der Waals surface area contributed by atoms with Crippen molar-refractivity contribution >= 4 is 18.4 Å². The summed E-state index contributed by atoms with van der Waals surface area (Å²) in [6.07, 6.45) is 4.39. The number of nitrogens with one attached hydrogen (secondary N) is 3. The van der Waals surface area contributed by atoms with Crippen LogP contribution in [-0.2, 0) is 13.1 Å². The summed E-state index contributed by atoms with van der Waals surface area (Å²) in [6, 6.07) is 0.616. The number of rotatable bonds is 3. The van der Waals surface area contributed by atoms with Crippen molar-refractivity contribution < 1.29 is 0 Å². The number of aromatic nitrogens is 2. The number of hydrazine groups is 1. The summed E-state index contributed by atoms with van der Waals surface area (Å²) >= 11 is 0. The molecule has 0 radical (unpaired) electrons. The van der Waals surface area contributed by atoms with E-state index in [0.717, 1.165) is 18.8 Å². The fourth-order valence-electron chi connectivity index (χ4n) is 1.51. The van der Waals surface area contributed by atoms with E-state index in [-0.39, 0.29) is 12.4 Å². The molecule has 1 aromatic heterocycles. The number of nitrogens with zero attached hydrogens (tertiary/aromatic N) is 2. The Kier molecular flexibility index (Phi) is 3.04. The fraction of sp³-hybridized carbons (Fsp3) is 0.556. The molecule has 0 saturated heterocycles. The molecule has 1 saturated carbocycles. The minimum atomic E-state index is 0. The summed E-state index contributed by atoms with van der Waals surface area (Å²) in [4.78, 5) is 8.63. The fourth-order valence-corrected chi connectivity index (χ4v) is 1.51. The molecule has 6 heteroatoms. The molecule has 3 N–H and O–H groups in total. The number of hydrogen-bond donors (Lipinski definition) is 3. The van der Waals surface area contributed by atoms with Gasteiger partial charge in [0.25, 0.3) is 0 Å². The van der Waals surface area contributed by atoms with Gasteiger partial charge in [-0.1, -0.05) is 0 Å². The summed E-state index contributed by atoms with van der Waals surface area (Å²) < 4.78 is 0. The van der Waals surface area contributed by atoms with Gasteiger partial charge in [-0.05, 0) is 12.8 Å². The molecule has 5 nitrogen and oxygen atoms in total. The monoisotopic (exact) mass is 227 g/mol. The smallest absolute Gasteiger partial charge is 0.237 e. The Labute approximate surface area is 94.5 Å². The second-order valence-corrected chi connectivity index (χ2v) is 3.81. The lowest BCUT2D eigenvalue weighted by atomic mass is 10.3. The molecule has 0 aromatic carbocycles. The molecule has 2 aliphatic rings. The summed E-state index contributed by atoms with van der Waals surface area (Å²) in [5.74, 6) is 0.680. The first kappa shape index (κ1) is 10.6. The van der Waals surface area contributed by atoms with E-state index in [2.05, 4.69) is 26.1 Å². The molecule has 15 heavy (non-hydrogen) atoms. The van der Waals surface area contributed by atoms with E-state index >= 15 is 0 Å². The van der Waals surface area contributed by atoms with Crippen molar-refractivity contribution in [2.24, 2.45) is 0 Å². The minimum absolute atomic E-state index is 0. The molecule has 0 unspecified atom stereocenters. The van der Waals surface area contributed by atoms with E-state index in [0.29, 0.717) is 12.0 Å². The normalized spacial score (nSPS) is 18.1.